The Hall–Kier alpha value is -3.48. The zero-order chi connectivity index (χ0) is 19.8. The smallest absolute Gasteiger partial charge is 0.226 e. The van der Waals surface area contributed by atoms with Crippen LogP contribution in [-0.4, -0.2) is 33.1 Å². The number of ketones is 1. The minimum absolute atomic E-state index is 0.0820. The fourth-order valence-corrected chi connectivity index (χ4v) is 2.67. The molecule has 28 heavy (non-hydrogen) atoms. The van der Waals surface area contributed by atoms with Crippen molar-refractivity contribution in [3.63, 3.8) is 0 Å². The van der Waals surface area contributed by atoms with Crippen LogP contribution in [-0.2, 0) is 11.3 Å². The quantitative estimate of drug-likeness (QED) is 0.577. The fourth-order valence-electron chi connectivity index (χ4n) is 2.67. The lowest BCUT2D eigenvalue weighted by molar-refractivity contribution is -0.116. The highest BCUT2D eigenvalue weighted by atomic mass is 16.5. The van der Waals surface area contributed by atoms with Crippen LogP contribution in [0.5, 0.6) is 5.75 Å². The summed E-state index contributed by atoms with van der Waals surface area (Å²) in [5.74, 6) is 0.863. The van der Waals surface area contributed by atoms with Gasteiger partial charge in [0.1, 0.15) is 5.75 Å². The molecule has 1 amide bonds. The summed E-state index contributed by atoms with van der Waals surface area (Å²) in [6.07, 6.45) is 5.48. The molecule has 0 bridgehead atoms. The molecular formula is C21H22N4O3. The summed E-state index contributed by atoms with van der Waals surface area (Å²) < 4.78 is 7.09. The van der Waals surface area contributed by atoms with Crippen molar-refractivity contribution in [2.24, 2.45) is 0 Å². The number of nitrogens with zero attached hydrogens (tertiary/aromatic N) is 3. The van der Waals surface area contributed by atoms with Gasteiger partial charge in [-0.2, -0.15) is 5.10 Å². The first-order valence-corrected chi connectivity index (χ1v) is 9.12. The van der Waals surface area contributed by atoms with E-state index in [1.54, 1.807) is 53.6 Å². The second kappa shape index (κ2) is 9.45. The molecule has 144 valence electrons. The van der Waals surface area contributed by atoms with E-state index >= 15 is 0 Å². The maximum absolute atomic E-state index is 12.2. The molecule has 0 fully saturated rings. The molecule has 3 aromatic rings. The molecule has 0 radical (unpaired) electrons. The topological polar surface area (TPSA) is 86.1 Å². The van der Waals surface area contributed by atoms with Crippen LogP contribution >= 0.6 is 0 Å². The molecule has 0 saturated heterocycles. The Balaban J connectivity index is 1.47. The van der Waals surface area contributed by atoms with Crippen molar-refractivity contribution in [2.45, 2.75) is 26.3 Å². The first-order chi connectivity index (χ1) is 13.6. The third-order valence-electron chi connectivity index (χ3n) is 4.07. The first kappa shape index (κ1) is 19.3. The van der Waals surface area contributed by atoms with Gasteiger partial charge in [-0.25, -0.2) is 0 Å². The van der Waals surface area contributed by atoms with Crippen LogP contribution in [0.4, 0.5) is 5.82 Å². The van der Waals surface area contributed by atoms with Gasteiger partial charge in [-0.1, -0.05) is 0 Å². The van der Waals surface area contributed by atoms with E-state index in [1.807, 2.05) is 19.1 Å². The van der Waals surface area contributed by atoms with Crippen LogP contribution in [0.3, 0.4) is 0 Å². The highest BCUT2D eigenvalue weighted by Crippen LogP contribution is 2.14. The van der Waals surface area contributed by atoms with Gasteiger partial charge in [0.05, 0.1) is 13.2 Å². The standard InChI is InChI=1S/C21H22N4O3/c1-2-28-18-5-3-17(4-6-18)19(26)7-8-21(27)23-20-11-14-25(24-20)15-16-9-12-22-13-10-16/h3-6,9-14H,2,7-8,15H2,1H3,(H,23,24,27). The molecule has 0 aliphatic carbocycles. The Labute approximate surface area is 163 Å². The molecule has 7 nitrogen and oxygen atoms in total. The summed E-state index contributed by atoms with van der Waals surface area (Å²) in [7, 11) is 0. The lowest BCUT2D eigenvalue weighted by Crippen LogP contribution is -2.14. The number of ether oxygens (including phenoxy) is 1. The summed E-state index contributed by atoms with van der Waals surface area (Å²) >= 11 is 0. The van der Waals surface area contributed by atoms with Gasteiger partial charge in [-0.3, -0.25) is 19.3 Å². The predicted molar refractivity (Wildman–Crippen MR) is 105 cm³/mol. The number of amides is 1. The van der Waals surface area contributed by atoms with Crippen LogP contribution in [0.1, 0.15) is 35.7 Å². The molecule has 1 aromatic carbocycles. The van der Waals surface area contributed by atoms with Gasteiger partial charge in [0.25, 0.3) is 0 Å². The molecule has 0 saturated carbocycles. The van der Waals surface area contributed by atoms with Crippen molar-refractivity contribution in [3.8, 4) is 5.75 Å². The third kappa shape index (κ3) is 5.51. The number of hydrogen-bond donors (Lipinski definition) is 1. The Morgan fingerprint density at radius 3 is 2.50 bits per heavy atom. The zero-order valence-electron chi connectivity index (χ0n) is 15.7. The molecule has 2 heterocycles. The molecule has 0 spiro atoms. The van der Waals surface area contributed by atoms with Crippen LogP contribution in [0.15, 0.2) is 61.1 Å². The minimum Gasteiger partial charge on any atom is -0.494 e. The maximum Gasteiger partial charge on any atom is 0.226 e. The molecule has 0 unspecified atom stereocenters. The second-order valence-electron chi connectivity index (χ2n) is 6.18. The average Bonchev–Trinajstić information content (AvgIpc) is 3.14. The number of carbonyl (C=O) groups excluding carboxylic acids is 2. The summed E-state index contributed by atoms with van der Waals surface area (Å²) in [5.41, 5.74) is 1.63. The number of nitrogens with one attached hydrogen (secondary N) is 1. The largest absolute Gasteiger partial charge is 0.494 e. The van der Waals surface area contributed by atoms with Gasteiger partial charge in [-0.15, -0.1) is 0 Å². The van der Waals surface area contributed by atoms with Crippen LogP contribution < -0.4 is 10.1 Å². The highest BCUT2D eigenvalue weighted by Gasteiger charge is 2.11. The number of anilines is 1. The molecule has 3 rings (SSSR count). The van der Waals surface area contributed by atoms with Gasteiger partial charge in [0, 0.05) is 43.1 Å². The van der Waals surface area contributed by atoms with E-state index < -0.39 is 0 Å². The van der Waals surface area contributed by atoms with Crippen LogP contribution in [0.2, 0.25) is 0 Å². The Kier molecular flexibility index (Phi) is 6.51. The third-order valence-corrected chi connectivity index (χ3v) is 4.07. The number of benzene rings is 1. The molecule has 0 aliphatic rings. The summed E-state index contributed by atoms with van der Waals surface area (Å²) in [4.78, 5) is 28.3. The number of rotatable bonds is 9. The van der Waals surface area contributed by atoms with Gasteiger partial charge >= 0.3 is 0 Å². The molecule has 2 aromatic heterocycles. The van der Waals surface area contributed by atoms with Crippen LogP contribution in [0, 0.1) is 0 Å². The summed E-state index contributed by atoms with van der Waals surface area (Å²) in [6, 6.07) is 12.5. The molecular weight excluding hydrogens is 356 g/mol. The number of aromatic nitrogens is 3. The molecule has 1 N–H and O–H groups in total. The van der Waals surface area contributed by atoms with E-state index in [9.17, 15) is 9.59 Å². The number of carbonyl (C=O) groups is 2. The number of hydrogen-bond acceptors (Lipinski definition) is 5. The fraction of sp³-hybridized carbons (Fsp3) is 0.238. The predicted octanol–water partition coefficient (Wildman–Crippen LogP) is 3.33. The van der Waals surface area contributed by atoms with E-state index in [1.165, 1.54) is 0 Å². The second-order valence-corrected chi connectivity index (χ2v) is 6.18. The molecule has 0 atom stereocenters. The Bertz CT molecular complexity index is 920. The van der Waals surface area contributed by atoms with E-state index in [0.29, 0.717) is 24.5 Å². The summed E-state index contributed by atoms with van der Waals surface area (Å²) in [6.45, 7) is 3.07. The number of pyridine rings is 1. The van der Waals surface area contributed by atoms with Gasteiger partial charge in [0.2, 0.25) is 5.91 Å². The lowest BCUT2D eigenvalue weighted by atomic mass is 10.1. The highest BCUT2D eigenvalue weighted by molar-refractivity contribution is 5.99. The van der Waals surface area contributed by atoms with Crippen molar-refractivity contribution < 1.29 is 14.3 Å². The van der Waals surface area contributed by atoms with Crippen molar-refractivity contribution in [3.05, 3.63) is 72.2 Å². The van der Waals surface area contributed by atoms with E-state index in [2.05, 4.69) is 15.4 Å². The normalized spacial score (nSPS) is 10.5. The maximum atomic E-state index is 12.2. The summed E-state index contributed by atoms with van der Waals surface area (Å²) in [5, 5.41) is 7.05. The van der Waals surface area contributed by atoms with Crippen LogP contribution in [0.25, 0.3) is 0 Å². The van der Waals surface area contributed by atoms with Gasteiger partial charge in [-0.05, 0) is 48.9 Å². The van der Waals surface area contributed by atoms with Crippen molar-refractivity contribution in [1.29, 1.82) is 0 Å². The first-order valence-electron chi connectivity index (χ1n) is 9.12. The Morgan fingerprint density at radius 2 is 1.79 bits per heavy atom. The molecule has 0 aliphatic heterocycles. The van der Waals surface area contributed by atoms with E-state index in [4.69, 9.17) is 4.74 Å². The van der Waals surface area contributed by atoms with Gasteiger partial charge in [0.15, 0.2) is 11.6 Å². The lowest BCUT2D eigenvalue weighted by Gasteiger charge is -2.05. The Morgan fingerprint density at radius 1 is 1.04 bits per heavy atom. The monoisotopic (exact) mass is 378 g/mol. The minimum atomic E-state index is -0.242. The molecule has 7 heteroatoms. The number of Topliss-reactive ketones (excluding diaryl/α,β-unsaturated/α-hetero) is 1. The van der Waals surface area contributed by atoms with Gasteiger partial charge < -0.3 is 10.1 Å². The van der Waals surface area contributed by atoms with Crippen molar-refractivity contribution in [2.75, 3.05) is 11.9 Å². The van der Waals surface area contributed by atoms with E-state index in [0.717, 1.165) is 11.3 Å². The average molecular weight is 378 g/mol. The zero-order valence-corrected chi connectivity index (χ0v) is 15.7. The van der Waals surface area contributed by atoms with Crippen molar-refractivity contribution in [1.82, 2.24) is 14.8 Å². The van der Waals surface area contributed by atoms with E-state index in [-0.39, 0.29) is 24.5 Å². The van der Waals surface area contributed by atoms with Crippen molar-refractivity contribution >= 4 is 17.5 Å². The SMILES string of the molecule is CCOc1ccc(C(=O)CCC(=O)Nc2ccn(Cc3ccncc3)n2)cc1.